The zero-order valence-corrected chi connectivity index (χ0v) is 25.7. The molecule has 10 aromatic rings. The van der Waals surface area contributed by atoms with Crippen LogP contribution in [0.4, 0.5) is 0 Å². The Morgan fingerprint density at radius 2 is 0.980 bits per heavy atom. The van der Waals surface area contributed by atoms with E-state index in [9.17, 15) is 4.11 Å². The van der Waals surface area contributed by atoms with Crippen LogP contribution in [0, 0.1) is 0 Å². The van der Waals surface area contributed by atoms with Crippen LogP contribution in [-0.2, 0) is 0 Å². The fraction of sp³-hybridized carbons (Fsp3) is 0. The van der Waals surface area contributed by atoms with E-state index in [0.717, 1.165) is 49.0 Å². The first-order valence-corrected chi connectivity index (χ1v) is 15.8. The smallest absolute Gasteiger partial charge is 0.143 e. The average Bonchev–Trinajstić information content (AvgIpc) is 3.68. The number of furan rings is 1. The highest BCUT2D eigenvalue weighted by molar-refractivity contribution is 6.27. The second-order valence-electron chi connectivity index (χ2n) is 11.8. The summed E-state index contributed by atoms with van der Waals surface area (Å²) in [4.78, 5) is 0. The molecule has 1 aromatic heterocycles. The van der Waals surface area contributed by atoms with Crippen molar-refractivity contribution in [1.82, 2.24) is 0 Å². The molecule has 1 heteroatoms. The lowest BCUT2D eigenvalue weighted by atomic mass is 9.83. The van der Waals surface area contributed by atoms with Gasteiger partial charge in [-0.1, -0.05) is 164 Å². The molecule has 0 unspecified atom stereocenters. The molecule has 0 radical (unpaired) electrons. The van der Waals surface area contributed by atoms with Gasteiger partial charge in [-0.15, -0.1) is 0 Å². The third-order valence-corrected chi connectivity index (χ3v) is 9.15. The predicted molar refractivity (Wildman–Crippen MR) is 208 cm³/mol. The quantitative estimate of drug-likeness (QED) is 0.175. The average molecular weight is 636 g/mol. The van der Waals surface area contributed by atoms with Gasteiger partial charge in [0.1, 0.15) is 11.2 Å². The van der Waals surface area contributed by atoms with Crippen molar-refractivity contribution in [2.75, 3.05) is 0 Å². The van der Waals surface area contributed by atoms with E-state index in [0.29, 0.717) is 21.9 Å². The van der Waals surface area contributed by atoms with Gasteiger partial charge < -0.3 is 4.42 Å². The predicted octanol–water partition coefficient (Wildman–Crippen LogP) is 13.7. The van der Waals surface area contributed by atoms with Crippen LogP contribution in [0.2, 0.25) is 0 Å². The van der Waals surface area contributed by atoms with Crippen LogP contribution in [0.3, 0.4) is 0 Å². The van der Waals surface area contributed by atoms with Gasteiger partial charge in [0.25, 0.3) is 0 Å². The highest BCUT2D eigenvalue weighted by Crippen LogP contribution is 2.48. The Morgan fingerprint density at radius 3 is 1.65 bits per heavy atom. The summed E-state index contributed by atoms with van der Waals surface area (Å²) in [6.07, 6.45) is 0. The molecule has 1 nitrogen and oxygen atoms in total. The summed E-state index contributed by atoms with van der Waals surface area (Å²) in [5, 5.41) is 6.43. The van der Waals surface area contributed by atoms with Crippen molar-refractivity contribution in [2.45, 2.75) is 0 Å². The minimum absolute atomic E-state index is 0.106. The summed E-state index contributed by atoms with van der Waals surface area (Å²) < 4.78 is 122. The second kappa shape index (κ2) is 11.1. The molecule has 49 heavy (non-hydrogen) atoms. The van der Waals surface area contributed by atoms with Gasteiger partial charge in [0.05, 0.1) is 17.8 Å². The summed E-state index contributed by atoms with van der Waals surface area (Å²) in [6.45, 7) is 0. The van der Waals surface area contributed by atoms with E-state index in [1.54, 1.807) is 0 Å². The first-order valence-electron chi connectivity index (χ1n) is 22.3. The Labute approximate surface area is 302 Å². The Bertz CT molecular complexity index is 3510. The molecule has 9 aromatic carbocycles. The van der Waals surface area contributed by atoms with Gasteiger partial charge in [-0.2, -0.15) is 0 Å². The fourth-order valence-electron chi connectivity index (χ4n) is 7.11. The standard InChI is InChI=1S/C48H30O/c1-3-14-31(15-4-1)35-28-27-34(30-43(35)32-16-5-2-6-17-32)45-37-20-9-11-22-39(37)46(40-23-12-10-21-38(40)45)41-24-13-25-44-47(41)42-29-26-33-18-7-8-19-36(33)48(42)49-44/h1-30H/i1D,2D,3D,4D,5D,6D,14D,15D,16D,17D,27D,28D,30D. The van der Waals surface area contributed by atoms with Crippen LogP contribution >= 0.6 is 0 Å². The van der Waals surface area contributed by atoms with Gasteiger partial charge >= 0.3 is 0 Å². The van der Waals surface area contributed by atoms with Crippen LogP contribution in [0.15, 0.2) is 186 Å². The molecular formula is C48H30O. The molecule has 1 heterocycles. The molecule has 0 spiro atoms. The zero-order chi connectivity index (χ0) is 43.6. The van der Waals surface area contributed by atoms with Crippen molar-refractivity contribution in [2.24, 2.45) is 0 Å². The molecule has 0 N–H and O–H groups in total. The molecule has 0 aliphatic rings. The monoisotopic (exact) mass is 635 g/mol. The third kappa shape index (κ3) is 4.33. The Morgan fingerprint density at radius 1 is 0.388 bits per heavy atom. The van der Waals surface area contributed by atoms with Gasteiger partial charge in [-0.05, 0) is 89.6 Å². The summed E-state index contributed by atoms with van der Waals surface area (Å²) in [5.41, 5.74) is 1.42. The van der Waals surface area contributed by atoms with Crippen molar-refractivity contribution in [3.63, 3.8) is 0 Å². The maximum Gasteiger partial charge on any atom is 0.143 e. The Kier molecular flexibility index (Phi) is 3.99. The highest BCUT2D eigenvalue weighted by Gasteiger charge is 2.21. The lowest BCUT2D eigenvalue weighted by molar-refractivity contribution is 0.673. The lowest BCUT2D eigenvalue weighted by Crippen LogP contribution is -1.92. The van der Waals surface area contributed by atoms with Gasteiger partial charge in [0, 0.05) is 16.2 Å². The summed E-state index contributed by atoms with van der Waals surface area (Å²) in [5.74, 6) is 0. The van der Waals surface area contributed by atoms with Crippen LogP contribution in [0.25, 0.3) is 98.8 Å². The van der Waals surface area contributed by atoms with Crippen LogP contribution in [0.5, 0.6) is 0 Å². The van der Waals surface area contributed by atoms with E-state index in [1.165, 1.54) is 0 Å². The molecular weight excluding hydrogens is 593 g/mol. The van der Waals surface area contributed by atoms with Crippen molar-refractivity contribution in [3.8, 4) is 44.5 Å². The first kappa shape index (κ1) is 17.6. The molecule has 0 atom stereocenters. The maximum absolute atomic E-state index is 10.0. The van der Waals surface area contributed by atoms with Crippen LogP contribution < -0.4 is 0 Å². The van der Waals surface area contributed by atoms with Crippen molar-refractivity contribution in [3.05, 3.63) is 182 Å². The molecule has 228 valence electrons. The Balaban J connectivity index is 1.38. The lowest BCUT2D eigenvalue weighted by Gasteiger charge is -2.19. The SMILES string of the molecule is [2H]c1c([2H])c([2H])c(-c2c([2H])c([2H])c(-c3c4ccccc4c(-c4cccc5oc6c7ccccc7ccc6c45)c4ccccc34)c([2H])c2-c2c([2H])c([2H])c([2H])c([2H])c2[2H])c([2H])c1[2H]. The molecule has 0 bridgehead atoms. The molecule has 0 amide bonds. The zero-order valence-electron chi connectivity index (χ0n) is 38.7. The topological polar surface area (TPSA) is 13.1 Å². The van der Waals surface area contributed by atoms with E-state index >= 15 is 0 Å². The van der Waals surface area contributed by atoms with Gasteiger partial charge in [-0.3, -0.25) is 0 Å². The van der Waals surface area contributed by atoms with Crippen LogP contribution in [-0.4, -0.2) is 0 Å². The van der Waals surface area contributed by atoms with E-state index in [1.807, 2.05) is 91.0 Å². The summed E-state index contributed by atoms with van der Waals surface area (Å²) in [7, 11) is 0. The van der Waals surface area contributed by atoms with E-state index in [2.05, 4.69) is 12.1 Å². The number of hydrogen-bond donors (Lipinski definition) is 0. The summed E-state index contributed by atoms with van der Waals surface area (Å²) >= 11 is 0. The number of hydrogen-bond acceptors (Lipinski definition) is 1. The highest BCUT2D eigenvalue weighted by atomic mass is 16.3. The van der Waals surface area contributed by atoms with Crippen LogP contribution in [0.1, 0.15) is 17.8 Å². The molecule has 0 aliphatic carbocycles. The van der Waals surface area contributed by atoms with Gasteiger partial charge in [0.2, 0.25) is 0 Å². The van der Waals surface area contributed by atoms with Crippen molar-refractivity contribution in [1.29, 1.82) is 0 Å². The molecule has 0 aliphatic heterocycles. The van der Waals surface area contributed by atoms with E-state index < -0.39 is 101 Å². The van der Waals surface area contributed by atoms with Crippen molar-refractivity contribution >= 4 is 54.3 Å². The fourth-order valence-corrected chi connectivity index (χ4v) is 7.11. The van der Waals surface area contributed by atoms with Crippen molar-refractivity contribution < 1.29 is 22.2 Å². The number of benzene rings is 9. The van der Waals surface area contributed by atoms with E-state index in [4.69, 9.17) is 18.1 Å². The summed E-state index contributed by atoms with van der Waals surface area (Å²) in [6, 6.07) is 24.0. The third-order valence-electron chi connectivity index (χ3n) is 9.15. The maximum atomic E-state index is 10.0. The molecule has 10 rings (SSSR count). The number of fused-ring (bicyclic) bond motifs is 7. The van der Waals surface area contributed by atoms with Gasteiger partial charge in [0.15, 0.2) is 0 Å². The minimum atomic E-state index is -0.740. The molecule has 0 fully saturated rings. The number of rotatable bonds is 4. The van der Waals surface area contributed by atoms with E-state index in [-0.39, 0.29) is 5.56 Å². The van der Waals surface area contributed by atoms with Gasteiger partial charge in [-0.25, -0.2) is 0 Å². The molecule has 0 saturated carbocycles. The minimum Gasteiger partial charge on any atom is -0.455 e. The largest absolute Gasteiger partial charge is 0.455 e. The Hall–Kier alpha value is -6.44. The normalized spacial score (nSPS) is 15.4. The first-order chi connectivity index (χ1) is 29.7. The second-order valence-corrected chi connectivity index (χ2v) is 11.8. The molecule has 0 saturated heterocycles.